The molecule has 0 aliphatic carbocycles. The molecule has 0 radical (unpaired) electrons. The number of hydrogen-bond donors (Lipinski definition) is 2. The van der Waals surface area contributed by atoms with Crippen molar-refractivity contribution in [2.24, 2.45) is 0 Å². The topological polar surface area (TPSA) is 120 Å². The fraction of sp³-hybridized carbons (Fsp3) is 0.333. The van der Waals surface area contributed by atoms with Crippen molar-refractivity contribution in [3.05, 3.63) is 59.1 Å². The molecule has 1 fully saturated rings. The summed E-state index contributed by atoms with van der Waals surface area (Å²) in [6.07, 6.45) is 5.50. The van der Waals surface area contributed by atoms with Crippen LogP contribution in [0.2, 0.25) is 0 Å². The highest BCUT2D eigenvalue weighted by molar-refractivity contribution is 7.14. The molecule has 3 aromatic rings. The summed E-state index contributed by atoms with van der Waals surface area (Å²) >= 11 is 1.32. The third kappa shape index (κ3) is 5.59. The first kappa shape index (κ1) is 20.8. The summed E-state index contributed by atoms with van der Waals surface area (Å²) in [4.78, 5) is 32.0. The van der Waals surface area contributed by atoms with E-state index in [2.05, 4.69) is 41.5 Å². The Morgan fingerprint density at radius 2 is 2.19 bits per heavy atom. The van der Waals surface area contributed by atoms with Crippen LogP contribution in [0.5, 0.6) is 0 Å². The maximum Gasteiger partial charge on any atom is 0.271 e. The van der Waals surface area contributed by atoms with Crippen molar-refractivity contribution < 1.29 is 4.79 Å². The van der Waals surface area contributed by atoms with Gasteiger partial charge in [0.05, 0.1) is 30.5 Å². The minimum absolute atomic E-state index is 0.260. The molecular formula is C21H22N8OS. The summed E-state index contributed by atoms with van der Waals surface area (Å²) in [6, 6.07) is 9.70. The maximum absolute atomic E-state index is 12.3. The molecule has 31 heavy (non-hydrogen) atoms. The summed E-state index contributed by atoms with van der Waals surface area (Å²) in [5.74, 6) is 0.462. The number of hydrogen-bond acceptors (Lipinski definition) is 9. The molecule has 0 aromatic carbocycles. The average Bonchev–Trinajstić information content (AvgIpc) is 3.27. The number of rotatable bonds is 7. The Morgan fingerprint density at radius 3 is 3.03 bits per heavy atom. The van der Waals surface area contributed by atoms with Crippen molar-refractivity contribution >= 4 is 28.3 Å². The van der Waals surface area contributed by atoms with Crippen LogP contribution in [-0.4, -0.2) is 50.4 Å². The van der Waals surface area contributed by atoms with Gasteiger partial charge in [0.1, 0.15) is 5.69 Å². The molecule has 1 aliphatic heterocycles. The van der Waals surface area contributed by atoms with E-state index in [1.807, 2.05) is 24.3 Å². The Balaban J connectivity index is 1.37. The van der Waals surface area contributed by atoms with E-state index in [0.29, 0.717) is 29.9 Å². The number of nitrogens with one attached hydrogen (secondary N) is 2. The molecule has 4 rings (SSSR count). The number of pyridine rings is 1. The number of likely N-dealkylation sites (tertiary alicyclic amines) is 1. The molecule has 158 valence electrons. The third-order valence-electron chi connectivity index (χ3n) is 5.01. The summed E-state index contributed by atoms with van der Waals surface area (Å²) in [5.41, 5.74) is 2.06. The number of piperidine rings is 1. The van der Waals surface area contributed by atoms with Gasteiger partial charge in [-0.15, -0.1) is 11.3 Å². The zero-order valence-corrected chi connectivity index (χ0v) is 17.7. The molecule has 10 heteroatoms. The van der Waals surface area contributed by atoms with Crippen LogP contribution in [0.4, 0.5) is 11.1 Å². The minimum Gasteiger partial charge on any atom is -0.345 e. The quantitative estimate of drug-likeness (QED) is 0.545. The summed E-state index contributed by atoms with van der Waals surface area (Å²) in [7, 11) is 0. The first-order valence-corrected chi connectivity index (χ1v) is 10.9. The molecule has 9 nitrogen and oxygen atoms in total. The van der Waals surface area contributed by atoms with Gasteiger partial charge in [-0.25, -0.2) is 15.0 Å². The second-order valence-electron chi connectivity index (χ2n) is 7.20. The highest BCUT2D eigenvalue weighted by Gasteiger charge is 2.22. The molecule has 1 aliphatic rings. The zero-order valence-electron chi connectivity index (χ0n) is 16.9. The van der Waals surface area contributed by atoms with Crippen LogP contribution in [-0.2, 0) is 6.54 Å². The van der Waals surface area contributed by atoms with Crippen LogP contribution < -0.4 is 10.6 Å². The van der Waals surface area contributed by atoms with Gasteiger partial charge in [-0.1, -0.05) is 6.07 Å². The normalized spacial score (nSPS) is 16.4. The predicted molar refractivity (Wildman–Crippen MR) is 117 cm³/mol. The number of aromatic nitrogens is 4. The first-order chi connectivity index (χ1) is 15.2. The molecule has 1 atom stereocenters. The fourth-order valence-corrected chi connectivity index (χ4v) is 4.18. The van der Waals surface area contributed by atoms with Crippen molar-refractivity contribution in [1.29, 1.82) is 5.26 Å². The van der Waals surface area contributed by atoms with Gasteiger partial charge in [0.25, 0.3) is 5.91 Å². The van der Waals surface area contributed by atoms with Gasteiger partial charge < -0.3 is 10.6 Å². The van der Waals surface area contributed by atoms with E-state index in [1.165, 1.54) is 11.3 Å². The van der Waals surface area contributed by atoms with Crippen LogP contribution >= 0.6 is 11.3 Å². The largest absolute Gasteiger partial charge is 0.345 e. The van der Waals surface area contributed by atoms with E-state index in [9.17, 15) is 4.79 Å². The fourth-order valence-electron chi connectivity index (χ4n) is 3.50. The Labute approximate surface area is 184 Å². The molecule has 1 amide bonds. The molecule has 1 saturated heterocycles. The number of carbonyl (C=O) groups excluding carboxylic acids is 1. The summed E-state index contributed by atoms with van der Waals surface area (Å²) in [5, 5.41) is 17.1. The van der Waals surface area contributed by atoms with Gasteiger partial charge in [0.2, 0.25) is 5.95 Å². The molecular weight excluding hydrogens is 412 g/mol. The van der Waals surface area contributed by atoms with Crippen LogP contribution in [0, 0.1) is 11.3 Å². The standard InChI is InChI=1S/C21H22N8OS/c22-7-11-29-10-3-4-15(13-29)17-6-9-24-20(26-17)28-21-27-18(14-31-21)19(30)25-12-16-5-1-2-8-23-16/h1-2,5-6,8-9,14-15H,3-4,10-13H2,(H,25,30)(H,24,26,27,28)/t15-/m0/s1. The van der Waals surface area contributed by atoms with Gasteiger partial charge in [0, 0.05) is 30.2 Å². The molecule has 2 N–H and O–H groups in total. The molecule has 0 unspecified atom stereocenters. The Kier molecular flexibility index (Phi) is 6.76. The lowest BCUT2D eigenvalue weighted by Crippen LogP contribution is -2.34. The van der Waals surface area contributed by atoms with Gasteiger partial charge in [0.15, 0.2) is 5.13 Å². The van der Waals surface area contributed by atoms with Crippen LogP contribution in [0.15, 0.2) is 42.0 Å². The van der Waals surface area contributed by atoms with E-state index in [4.69, 9.17) is 5.26 Å². The lowest BCUT2D eigenvalue weighted by Gasteiger charge is -2.30. The van der Waals surface area contributed by atoms with Gasteiger partial charge >= 0.3 is 0 Å². The molecule has 0 spiro atoms. The highest BCUT2D eigenvalue weighted by Crippen LogP contribution is 2.26. The monoisotopic (exact) mass is 434 g/mol. The minimum atomic E-state index is -0.260. The zero-order chi connectivity index (χ0) is 21.5. The van der Waals surface area contributed by atoms with Crippen molar-refractivity contribution in [1.82, 2.24) is 30.2 Å². The number of amides is 1. The second-order valence-corrected chi connectivity index (χ2v) is 8.06. The molecule has 3 aromatic heterocycles. The van der Waals surface area contributed by atoms with Gasteiger partial charge in [-0.3, -0.25) is 14.7 Å². The smallest absolute Gasteiger partial charge is 0.271 e. The van der Waals surface area contributed by atoms with Crippen molar-refractivity contribution in [3.8, 4) is 6.07 Å². The molecule has 0 bridgehead atoms. The van der Waals surface area contributed by atoms with Crippen LogP contribution in [0.3, 0.4) is 0 Å². The second kappa shape index (κ2) is 10.1. The van der Waals surface area contributed by atoms with Crippen LogP contribution in [0.25, 0.3) is 0 Å². The number of thiazole rings is 1. The summed E-state index contributed by atoms with van der Waals surface area (Å²) < 4.78 is 0. The number of carbonyl (C=O) groups is 1. The Bertz CT molecular complexity index is 1060. The number of nitriles is 1. The van der Waals surface area contributed by atoms with E-state index in [1.54, 1.807) is 17.8 Å². The lowest BCUT2D eigenvalue weighted by molar-refractivity contribution is 0.0946. The van der Waals surface area contributed by atoms with E-state index < -0.39 is 0 Å². The van der Waals surface area contributed by atoms with Crippen molar-refractivity contribution in [2.45, 2.75) is 25.3 Å². The van der Waals surface area contributed by atoms with Crippen LogP contribution in [0.1, 0.15) is 40.6 Å². The SMILES string of the molecule is N#CCN1CCC[C@H](c2ccnc(Nc3nc(C(=O)NCc4ccccn4)cs3)n2)C1. The Hall–Kier alpha value is -3.42. The van der Waals surface area contributed by atoms with Gasteiger partial charge in [-0.05, 0) is 37.6 Å². The maximum atomic E-state index is 12.3. The average molecular weight is 435 g/mol. The first-order valence-electron chi connectivity index (χ1n) is 10.0. The molecule has 0 saturated carbocycles. The highest BCUT2D eigenvalue weighted by atomic mass is 32.1. The third-order valence-corrected chi connectivity index (χ3v) is 5.76. The van der Waals surface area contributed by atoms with Crippen molar-refractivity contribution in [2.75, 3.05) is 25.0 Å². The van der Waals surface area contributed by atoms with E-state index >= 15 is 0 Å². The summed E-state index contributed by atoms with van der Waals surface area (Å²) in [6.45, 7) is 2.55. The number of nitrogens with zero attached hydrogens (tertiary/aromatic N) is 6. The van der Waals surface area contributed by atoms with Crippen molar-refractivity contribution in [3.63, 3.8) is 0 Å². The van der Waals surface area contributed by atoms with E-state index in [0.717, 1.165) is 37.3 Å². The van der Waals surface area contributed by atoms with Gasteiger partial charge in [-0.2, -0.15) is 5.26 Å². The lowest BCUT2D eigenvalue weighted by atomic mass is 9.94. The molecule has 4 heterocycles. The number of anilines is 2. The van der Waals surface area contributed by atoms with E-state index in [-0.39, 0.29) is 11.8 Å². The Morgan fingerprint density at radius 1 is 1.26 bits per heavy atom. The predicted octanol–water partition coefficient (Wildman–Crippen LogP) is 2.70.